The number of aliphatic imine (C=N–C) groups is 1. The third-order valence-corrected chi connectivity index (χ3v) is 4.94. The summed E-state index contributed by atoms with van der Waals surface area (Å²) in [6, 6.07) is 10.3. The molecule has 2 aliphatic carbocycles. The molecular formula is C20H25IN4O. The molecule has 2 aliphatic rings. The summed E-state index contributed by atoms with van der Waals surface area (Å²) in [5.41, 5.74) is 11.0. The molecule has 138 valence electrons. The summed E-state index contributed by atoms with van der Waals surface area (Å²) in [5.74, 6) is 1.11. The third kappa shape index (κ3) is 4.66. The van der Waals surface area contributed by atoms with Crippen LogP contribution >= 0.6 is 24.0 Å². The van der Waals surface area contributed by atoms with Crippen LogP contribution in [0.15, 0.2) is 41.5 Å². The summed E-state index contributed by atoms with van der Waals surface area (Å²) in [6.45, 7) is 0.507. The van der Waals surface area contributed by atoms with Gasteiger partial charge in [-0.2, -0.15) is 0 Å². The van der Waals surface area contributed by atoms with Crippen LogP contribution in [0.5, 0.6) is 5.88 Å². The van der Waals surface area contributed by atoms with E-state index in [2.05, 4.69) is 33.5 Å². The van der Waals surface area contributed by atoms with Crippen LogP contribution < -0.4 is 15.8 Å². The van der Waals surface area contributed by atoms with Crippen LogP contribution in [-0.4, -0.2) is 17.0 Å². The number of pyridine rings is 1. The van der Waals surface area contributed by atoms with Gasteiger partial charge >= 0.3 is 0 Å². The van der Waals surface area contributed by atoms with Crippen LogP contribution in [0.4, 0.5) is 5.69 Å². The Morgan fingerprint density at radius 1 is 1.15 bits per heavy atom. The average molecular weight is 464 g/mol. The third-order valence-electron chi connectivity index (χ3n) is 4.94. The highest BCUT2D eigenvalue weighted by atomic mass is 127. The Balaban J connectivity index is 0.00000196. The van der Waals surface area contributed by atoms with Gasteiger partial charge in [-0.15, -0.1) is 24.0 Å². The maximum Gasteiger partial charge on any atom is 0.213 e. The van der Waals surface area contributed by atoms with E-state index < -0.39 is 0 Å². The van der Waals surface area contributed by atoms with Gasteiger partial charge in [0.2, 0.25) is 5.88 Å². The quantitative estimate of drug-likeness (QED) is 0.398. The molecule has 0 radical (unpaired) electrons. The second kappa shape index (κ2) is 8.70. The maximum atomic E-state index is 6.04. The van der Waals surface area contributed by atoms with Crippen molar-refractivity contribution in [2.45, 2.75) is 51.2 Å². The predicted octanol–water partition coefficient (Wildman–Crippen LogP) is 4.05. The molecule has 0 unspecified atom stereocenters. The smallest absolute Gasteiger partial charge is 0.213 e. The Kier molecular flexibility index (Phi) is 6.34. The molecule has 0 atom stereocenters. The number of guanidine groups is 1. The first-order valence-electron chi connectivity index (χ1n) is 9.06. The molecule has 1 aromatic heterocycles. The molecule has 0 saturated heterocycles. The fourth-order valence-corrected chi connectivity index (χ4v) is 3.29. The standard InChI is InChI=1S/C20H24N4O.HI/c21-20(24-17-8-7-15-3-1-4-16(15)12-17)23-13-14-9-10-22-19(11-14)25-18-5-2-6-18;/h7-12,18H,1-6,13H2,(H3,21,23,24);1H. The molecule has 26 heavy (non-hydrogen) atoms. The Labute approximate surface area is 171 Å². The Hall–Kier alpha value is -1.83. The van der Waals surface area contributed by atoms with Gasteiger partial charge in [-0.25, -0.2) is 9.98 Å². The number of aryl methyl sites for hydroxylation is 2. The number of nitrogens with two attached hydrogens (primary N) is 1. The van der Waals surface area contributed by atoms with Gasteiger partial charge in [0.05, 0.1) is 6.54 Å². The average Bonchev–Trinajstić information content (AvgIpc) is 3.04. The first-order chi connectivity index (χ1) is 12.3. The van der Waals surface area contributed by atoms with E-state index in [0.717, 1.165) is 30.5 Å². The van der Waals surface area contributed by atoms with E-state index in [0.29, 0.717) is 24.5 Å². The van der Waals surface area contributed by atoms with Crippen LogP contribution in [0.3, 0.4) is 0 Å². The number of halogens is 1. The Morgan fingerprint density at radius 2 is 2.00 bits per heavy atom. The maximum absolute atomic E-state index is 6.04. The lowest BCUT2D eigenvalue weighted by Crippen LogP contribution is -2.25. The van der Waals surface area contributed by atoms with E-state index in [1.165, 1.54) is 30.4 Å². The number of fused-ring (bicyclic) bond motifs is 1. The van der Waals surface area contributed by atoms with Crippen LogP contribution in [0.2, 0.25) is 0 Å². The van der Waals surface area contributed by atoms with Gasteiger partial charge in [0.25, 0.3) is 0 Å². The number of rotatable bonds is 5. The number of hydrogen-bond donors (Lipinski definition) is 2. The molecule has 1 heterocycles. The minimum absolute atomic E-state index is 0. The summed E-state index contributed by atoms with van der Waals surface area (Å²) in [5, 5.41) is 3.19. The van der Waals surface area contributed by atoms with Gasteiger partial charge in [-0.3, -0.25) is 0 Å². The number of nitrogens with zero attached hydrogens (tertiary/aromatic N) is 2. The van der Waals surface area contributed by atoms with Crippen LogP contribution in [0.1, 0.15) is 42.4 Å². The largest absolute Gasteiger partial charge is 0.474 e. The number of nitrogens with one attached hydrogen (secondary N) is 1. The molecular weight excluding hydrogens is 439 g/mol. The van der Waals surface area contributed by atoms with Crippen LogP contribution in [-0.2, 0) is 19.4 Å². The molecule has 1 aromatic carbocycles. The minimum Gasteiger partial charge on any atom is -0.474 e. The second-order valence-corrected chi connectivity index (χ2v) is 6.84. The number of ether oxygens (including phenoxy) is 1. The predicted molar refractivity (Wildman–Crippen MR) is 115 cm³/mol. The molecule has 0 bridgehead atoms. The van der Waals surface area contributed by atoms with Crippen molar-refractivity contribution in [3.05, 3.63) is 53.2 Å². The van der Waals surface area contributed by atoms with Crippen LogP contribution in [0, 0.1) is 0 Å². The lowest BCUT2D eigenvalue weighted by molar-refractivity contribution is 0.114. The summed E-state index contributed by atoms with van der Waals surface area (Å²) in [4.78, 5) is 8.71. The first kappa shape index (κ1) is 18.9. The van der Waals surface area contributed by atoms with E-state index in [-0.39, 0.29) is 24.0 Å². The molecule has 0 amide bonds. The van der Waals surface area contributed by atoms with Gasteiger partial charge in [-0.05, 0) is 73.4 Å². The Bertz CT molecular complexity index is 789. The summed E-state index contributed by atoms with van der Waals surface area (Å²) in [6.07, 6.45) is 9.19. The molecule has 1 fully saturated rings. The zero-order valence-electron chi connectivity index (χ0n) is 14.8. The molecule has 6 heteroatoms. The van der Waals surface area contributed by atoms with Gasteiger partial charge in [0.15, 0.2) is 5.96 Å². The van der Waals surface area contributed by atoms with Crippen molar-refractivity contribution < 1.29 is 4.74 Å². The van der Waals surface area contributed by atoms with Crippen molar-refractivity contribution >= 4 is 35.6 Å². The van der Waals surface area contributed by atoms with Crippen molar-refractivity contribution in [1.29, 1.82) is 0 Å². The minimum atomic E-state index is 0. The molecule has 5 nitrogen and oxygen atoms in total. The molecule has 2 aromatic rings. The van der Waals surface area contributed by atoms with Crippen molar-refractivity contribution in [3.63, 3.8) is 0 Å². The number of aromatic nitrogens is 1. The van der Waals surface area contributed by atoms with E-state index in [4.69, 9.17) is 10.5 Å². The Morgan fingerprint density at radius 3 is 2.81 bits per heavy atom. The molecule has 4 rings (SSSR count). The fraction of sp³-hybridized carbons (Fsp3) is 0.400. The topological polar surface area (TPSA) is 72.5 Å². The van der Waals surface area contributed by atoms with Gasteiger partial charge in [0.1, 0.15) is 6.10 Å². The summed E-state index contributed by atoms with van der Waals surface area (Å²) >= 11 is 0. The monoisotopic (exact) mass is 464 g/mol. The highest BCUT2D eigenvalue weighted by Gasteiger charge is 2.19. The van der Waals surface area contributed by atoms with Crippen molar-refractivity contribution in [2.24, 2.45) is 10.7 Å². The molecule has 0 spiro atoms. The highest BCUT2D eigenvalue weighted by Crippen LogP contribution is 2.25. The van der Waals surface area contributed by atoms with Crippen molar-refractivity contribution in [2.75, 3.05) is 5.32 Å². The zero-order chi connectivity index (χ0) is 17.1. The van der Waals surface area contributed by atoms with Gasteiger partial charge in [0, 0.05) is 18.0 Å². The van der Waals surface area contributed by atoms with Gasteiger partial charge in [-0.1, -0.05) is 6.07 Å². The van der Waals surface area contributed by atoms with Crippen molar-refractivity contribution in [3.8, 4) is 5.88 Å². The van der Waals surface area contributed by atoms with Crippen molar-refractivity contribution in [1.82, 2.24) is 4.98 Å². The number of hydrogen-bond acceptors (Lipinski definition) is 3. The van der Waals surface area contributed by atoms with Gasteiger partial charge < -0.3 is 15.8 Å². The first-order valence-corrected chi connectivity index (χ1v) is 9.06. The normalized spacial score (nSPS) is 16.4. The van der Waals surface area contributed by atoms with Crippen LogP contribution in [0.25, 0.3) is 0 Å². The SMILES string of the molecule is I.NC(=NCc1ccnc(OC2CCC2)c1)Nc1ccc2c(c1)CCC2. The zero-order valence-corrected chi connectivity index (χ0v) is 17.1. The number of benzene rings is 1. The van der Waals surface area contributed by atoms with E-state index in [9.17, 15) is 0 Å². The summed E-state index contributed by atoms with van der Waals surface area (Å²) < 4.78 is 5.83. The van der Waals surface area contributed by atoms with E-state index in [1.807, 2.05) is 12.1 Å². The fourth-order valence-electron chi connectivity index (χ4n) is 3.29. The second-order valence-electron chi connectivity index (χ2n) is 6.84. The highest BCUT2D eigenvalue weighted by molar-refractivity contribution is 14.0. The molecule has 3 N–H and O–H groups in total. The van der Waals surface area contributed by atoms with E-state index in [1.54, 1.807) is 6.20 Å². The lowest BCUT2D eigenvalue weighted by atomic mass is 9.96. The van der Waals surface area contributed by atoms with E-state index >= 15 is 0 Å². The molecule has 0 aliphatic heterocycles. The molecule has 1 saturated carbocycles. The number of anilines is 1. The lowest BCUT2D eigenvalue weighted by Gasteiger charge is -2.25. The summed E-state index contributed by atoms with van der Waals surface area (Å²) in [7, 11) is 0.